The predicted octanol–water partition coefficient (Wildman–Crippen LogP) is 5.88. The van der Waals surface area contributed by atoms with Crippen LogP contribution in [-0.2, 0) is 22.6 Å². The number of amides is 3. The molecule has 0 aromatic heterocycles. The summed E-state index contributed by atoms with van der Waals surface area (Å²) in [5, 5.41) is 5.41. The number of likely N-dealkylation sites (N-methyl/N-ethyl adjacent to an activating group) is 1. The molecule has 6 nitrogen and oxygen atoms in total. The average Bonchev–Trinajstić information content (AvgIpc) is 3.20. The van der Waals surface area contributed by atoms with Crippen molar-refractivity contribution in [1.82, 2.24) is 10.2 Å². The summed E-state index contributed by atoms with van der Waals surface area (Å²) in [6, 6.07) is 25.0. The Kier molecular flexibility index (Phi) is 7.87. The van der Waals surface area contributed by atoms with Crippen molar-refractivity contribution in [1.29, 1.82) is 0 Å². The maximum absolute atomic E-state index is 14.1. The van der Waals surface area contributed by atoms with Crippen LogP contribution in [0, 0.1) is 0 Å². The van der Waals surface area contributed by atoms with Gasteiger partial charge in [0.25, 0.3) is 5.91 Å². The highest BCUT2D eigenvalue weighted by atomic mass is 35.5. The van der Waals surface area contributed by atoms with Crippen molar-refractivity contribution >= 4 is 57.4 Å². The van der Waals surface area contributed by atoms with Gasteiger partial charge in [0.15, 0.2) is 0 Å². The molecule has 8 heteroatoms. The molecule has 1 N–H and O–H groups in total. The van der Waals surface area contributed by atoms with Crippen LogP contribution in [0.15, 0.2) is 84.9 Å². The maximum atomic E-state index is 14.1. The minimum atomic E-state index is -0.858. The van der Waals surface area contributed by atoms with E-state index in [2.05, 4.69) is 5.32 Å². The molecule has 4 aromatic carbocycles. The summed E-state index contributed by atoms with van der Waals surface area (Å²) in [5.41, 5.74) is 2.66. The van der Waals surface area contributed by atoms with Gasteiger partial charge in [-0.25, -0.2) is 0 Å². The molecule has 1 unspecified atom stereocenters. The van der Waals surface area contributed by atoms with Crippen LogP contribution in [0.1, 0.15) is 28.4 Å². The Morgan fingerprint density at radius 2 is 1.56 bits per heavy atom. The van der Waals surface area contributed by atoms with Gasteiger partial charge in [0.1, 0.15) is 12.6 Å². The van der Waals surface area contributed by atoms with Gasteiger partial charge < -0.3 is 10.2 Å². The first-order valence-electron chi connectivity index (χ1n) is 12.8. The number of hydrogen-bond acceptors (Lipinski definition) is 3. The molecule has 1 aliphatic rings. The number of hydrogen-bond donors (Lipinski definition) is 1. The van der Waals surface area contributed by atoms with Crippen molar-refractivity contribution in [2.45, 2.75) is 25.9 Å². The lowest BCUT2D eigenvalue weighted by atomic mass is 10.0. The van der Waals surface area contributed by atoms with Crippen LogP contribution in [0.3, 0.4) is 0 Å². The van der Waals surface area contributed by atoms with Crippen LogP contribution in [0.4, 0.5) is 5.69 Å². The quantitative estimate of drug-likeness (QED) is 0.278. The molecule has 0 fully saturated rings. The van der Waals surface area contributed by atoms with E-state index in [1.807, 2.05) is 67.6 Å². The van der Waals surface area contributed by atoms with Crippen molar-refractivity contribution in [2.75, 3.05) is 18.0 Å². The number of anilines is 1. The second-order valence-corrected chi connectivity index (χ2v) is 10.2. The molecule has 5 rings (SSSR count). The van der Waals surface area contributed by atoms with E-state index in [0.717, 1.165) is 16.3 Å². The summed E-state index contributed by atoms with van der Waals surface area (Å²) in [7, 11) is 0. The van der Waals surface area contributed by atoms with Crippen molar-refractivity contribution in [3.8, 4) is 0 Å². The fraction of sp³-hybridized carbons (Fsp3) is 0.194. The third-order valence-electron chi connectivity index (χ3n) is 6.95. The van der Waals surface area contributed by atoms with E-state index in [1.165, 1.54) is 9.80 Å². The lowest BCUT2D eigenvalue weighted by Crippen LogP contribution is -2.53. The first-order chi connectivity index (χ1) is 18.9. The van der Waals surface area contributed by atoms with Gasteiger partial charge in [0.2, 0.25) is 11.8 Å². The third-order valence-corrected chi connectivity index (χ3v) is 7.66. The summed E-state index contributed by atoms with van der Waals surface area (Å²) >= 11 is 13.0. The van der Waals surface area contributed by atoms with Crippen LogP contribution < -0.4 is 10.2 Å². The number of nitrogens with zero attached hydrogens (tertiary/aromatic N) is 2. The first kappa shape index (κ1) is 26.7. The molecule has 0 spiro atoms. The predicted molar refractivity (Wildman–Crippen MR) is 155 cm³/mol. The number of carbonyl (C=O) groups excluding carboxylic acids is 3. The van der Waals surface area contributed by atoms with Gasteiger partial charge in [-0.05, 0) is 42.1 Å². The standard InChI is InChI=1S/C31H27Cl2N3O3/c1-2-34-30(38)27(17-20-9-4-3-5-10-20)35(18-23-24(32)14-8-15-25(23)33)28(37)19-36-26-16-7-12-21-11-6-13-22(29(21)26)31(36)39/h3-16,27H,2,17-19H2,1H3,(H,34,38). The van der Waals surface area contributed by atoms with Crippen LogP contribution in [-0.4, -0.2) is 41.8 Å². The Hall–Kier alpha value is -3.87. The number of benzene rings is 4. The molecule has 0 bridgehead atoms. The fourth-order valence-corrected chi connectivity index (χ4v) is 5.58. The molecule has 3 amide bonds. The minimum Gasteiger partial charge on any atom is -0.355 e. The van der Waals surface area contributed by atoms with Gasteiger partial charge in [0, 0.05) is 46.1 Å². The zero-order chi connectivity index (χ0) is 27.5. The molecule has 39 heavy (non-hydrogen) atoms. The highest BCUT2D eigenvalue weighted by Crippen LogP contribution is 2.37. The van der Waals surface area contributed by atoms with E-state index < -0.39 is 11.9 Å². The summed E-state index contributed by atoms with van der Waals surface area (Å²) < 4.78 is 0. The van der Waals surface area contributed by atoms with Gasteiger partial charge in [-0.15, -0.1) is 0 Å². The van der Waals surface area contributed by atoms with E-state index >= 15 is 0 Å². The van der Waals surface area contributed by atoms with Gasteiger partial charge in [-0.3, -0.25) is 19.3 Å². The zero-order valence-electron chi connectivity index (χ0n) is 21.4. The molecule has 0 saturated carbocycles. The van der Waals surface area contributed by atoms with Crippen LogP contribution in [0.25, 0.3) is 10.8 Å². The van der Waals surface area contributed by atoms with Crippen LogP contribution in [0.2, 0.25) is 10.0 Å². The molecular weight excluding hydrogens is 533 g/mol. The molecule has 1 atom stereocenters. The topological polar surface area (TPSA) is 69.7 Å². The Bertz CT molecular complexity index is 1530. The van der Waals surface area contributed by atoms with Gasteiger partial charge >= 0.3 is 0 Å². The summed E-state index contributed by atoms with van der Waals surface area (Å²) in [6.45, 7) is 2.00. The Labute approximate surface area is 237 Å². The van der Waals surface area contributed by atoms with Gasteiger partial charge in [0.05, 0.1) is 5.69 Å². The number of nitrogens with one attached hydrogen (secondary N) is 1. The largest absolute Gasteiger partial charge is 0.355 e. The second-order valence-electron chi connectivity index (χ2n) is 9.39. The Balaban J connectivity index is 1.54. The Morgan fingerprint density at radius 1 is 0.897 bits per heavy atom. The molecule has 0 radical (unpaired) electrons. The van der Waals surface area contributed by atoms with Crippen molar-refractivity contribution in [3.05, 3.63) is 112 Å². The average molecular weight is 560 g/mol. The van der Waals surface area contributed by atoms with Gasteiger partial charge in [-0.2, -0.15) is 0 Å². The molecule has 1 heterocycles. The summed E-state index contributed by atoms with van der Waals surface area (Å²) in [4.78, 5) is 44.0. The van der Waals surface area contributed by atoms with Crippen molar-refractivity contribution < 1.29 is 14.4 Å². The summed E-state index contributed by atoms with van der Waals surface area (Å²) in [5.74, 6) is -0.934. The zero-order valence-corrected chi connectivity index (χ0v) is 22.9. The highest BCUT2D eigenvalue weighted by Gasteiger charge is 2.36. The molecule has 4 aromatic rings. The summed E-state index contributed by atoms with van der Waals surface area (Å²) in [6.07, 6.45) is 0.282. The second kappa shape index (κ2) is 11.5. The smallest absolute Gasteiger partial charge is 0.259 e. The molecule has 0 aliphatic carbocycles. The highest BCUT2D eigenvalue weighted by molar-refractivity contribution is 6.36. The van der Waals surface area contributed by atoms with Crippen molar-refractivity contribution in [2.24, 2.45) is 0 Å². The van der Waals surface area contributed by atoms with E-state index in [0.29, 0.717) is 33.4 Å². The molecule has 198 valence electrons. The van der Waals surface area contributed by atoms with E-state index in [9.17, 15) is 14.4 Å². The third kappa shape index (κ3) is 5.35. The van der Waals surface area contributed by atoms with E-state index in [1.54, 1.807) is 24.3 Å². The number of halogens is 2. The molecular formula is C31H27Cl2N3O3. The first-order valence-corrected chi connectivity index (χ1v) is 13.5. The maximum Gasteiger partial charge on any atom is 0.259 e. The lowest BCUT2D eigenvalue weighted by molar-refractivity contribution is -0.140. The van der Waals surface area contributed by atoms with Crippen LogP contribution >= 0.6 is 23.2 Å². The molecule has 0 saturated heterocycles. The Morgan fingerprint density at radius 3 is 2.26 bits per heavy atom. The minimum absolute atomic E-state index is 0.00511. The van der Waals surface area contributed by atoms with Gasteiger partial charge in [-0.1, -0.05) is 83.9 Å². The normalized spacial score (nSPS) is 13.0. The van der Waals surface area contributed by atoms with Crippen molar-refractivity contribution in [3.63, 3.8) is 0 Å². The van der Waals surface area contributed by atoms with E-state index in [4.69, 9.17) is 23.2 Å². The number of carbonyl (C=O) groups is 3. The molecule has 1 aliphatic heterocycles. The van der Waals surface area contributed by atoms with Crippen LogP contribution in [0.5, 0.6) is 0 Å². The lowest BCUT2D eigenvalue weighted by Gasteiger charge is -2.33. The number of rotatable bonds is 9. The SMILES string of the molecule is CCNC(=O)C(Cc1ccccc1)N(Cc1c(Cl)cccc1Cl)C(=O)CN1C(=O)c2cccc3cccc1c23. The fourth-order valence-electron chi connectivity index (χ4n) is 5.06. The van der Waals surface area contributed by atoms with E-state index in [-0.39, 0.29) is 31.3 Å². The monoisotopic (exact) mass is 559 g/mol.